The zero-order valence-electron chi connectivity index (χ0n) is 13.2. The number of hydrogen-bond donors (Lipinski definition) is 3. The van der Waals surface area contributed by atoms with Crippen molar-refractivity contribution in [3.8, 4) is 0 Å². The maximum absolute atomic E-state index is 11.8. The number of carboxylic acid groups (broad SMARTS) is 1. The van der Waals surface area contributed by atoms with Crippen molar-refractivity contribution in [3.63, 3.8) is 0 Å². The summed E-state index contributed by atoms with van der Waals surface area (Å²) in [5.74, 6) is -0.396. The third-order valence-electron chi connectivity index (χ3n) is 3.28. The zero-order chi connectivity index (χ0) is 15.5. The SMILES string of the molecule is CCCC(CC)NC(=O)NC[C@H](CC(=O)O)CC(C)C. The molecule has 0 bridgehead atoms. The number of amides is 2. The molecule has 0 aliphatic heterocycles. The van der Waals surface area contributed by atoms with Crippen LogP contribution < -0.4 is 10.6 Å². The molecule has 2 amide bonds. The Balaban J connectivity index is 4.17. The van der Waals surface area contributed by atoms with Gasteiger partial charge in [0.2, 0.25) is 0 Å². The fourth-order valence-electron chi connectivity index (χ4n) is 2.35. The Morgan fingerprint density at radius 2 is 1.85 bits per heavy atom. The topological polar surface area (TPSA) is 78.4 Å². The molecule has 0 aromatic carbocycles. The first-order valence-corrected chi connectivity index (χ1v) is 7.65. The first kappa shape index (κ1) is 18.7. The number of nitrogens with one attached hydrogen (secondary N) is 2. The van der Waals surface area contributed by atoms with Crippen molar-refractivity contribution in [1.29, 1.82) is 0 Å². The van der Waals surface area contributed by atoms with Gasteiger partial charge in [-0.2, -0.15) is 0 Å². The molecule has 118 valence electrons. The summed E-state index contributed by atoms with van der Waals surface area (Å²) in [7, 11) is 0. The maximum Gasteiger partial charge on any atom is 0.315 e. The van der Waals surface area contributed by atoms with Gasteiger partial charge in [-0.15, -0.1) is 0 Å². The van der Waals surface area contributed by atoms with E-state index < -0.39 is 5.97 Å². The highest BCUT2D eigenvalue weighted by molar-refractivity contribution is 5.74. The number of urea groups is 1. The van der Waals surface area contributed by atoms with E-state index in [2.05, 4.69) is 31.4 Å². The number of carbonyl (C=O) groups is 2. The van der Waals surface area contributed by atoms with E-state index in [9.17, 15) is 9.59 Å². The van der Waals surface area contributed by atoms with E-state index in [1.54, 1.807) is 0 Å². The van der Waals surface area contributed by atoms with E-state index in [0.717, 1.165) is 25.7 Å². The van der Waals surface area contributed by atoms with E-state index in [-0.39, 0.29) is 24.4 Å². The average molecular weight is 286 g/mol. The van der Waals surface area contributed by atoms with Crippen molar-refractivity contribution in [2.75, 3.05) is 6.54 Å². The lowest BCUT2D eigenvalue weighted by molar-refractivity contribution is -0.138. The third-order valence-corrected chi connectivity index (χ3v) is 3.28. The van der Waals surface area contributed by atoms with Crippen LogP contribution >= 0.6 is 0 Å². The Morgan fingerprint density at radius 3 is 2.30 bits per heavy atom. The Bertz CT molecular complexity index is 293. The number of hydrogen-bond acceptors (Lipinski definition) is 2. The van der Waals surface area contributed by atoms with Gasteiger partial charge in [0.15, 0.2) is 0 Å². The second-order valence-electron chi connectivity index (χ2n) is 5.84. The third kappa shape index (κ3) is 9.64. The molecule has 5 heteroatoms. The molecule has 0 rings (SSSR count). The quantitative estimate of drug-likeness (QED) is 0.577. The molecular formula is C15H30N2O3. The van der Waals surface area contributed by atoms with Crippen molar-refractivity contribution < 1.29 is 14.7 Å². The van der Waals surface area contributed by atoms with Crippen molar-refractivity contribution in [2.24, 2.45) is 11.8 Å². The molecule has 1 unspecified atom stereocenters. The summed E-state index contributed by atoms with van der Waals surface area (Å²) >= 11 is 0. The summed E-state index contributed by atoms with van der Waals surface area (Å²) in [6.45, 7) is 8.67. The van der Waals surface area contributed by atoms with Gasteiger partial charge < -0.3 is 15.7 Å². The van der Waals surface area contributed by atoms with Gasteiger partial charge in [0.25, 0.3) is 0 Å². The molecule has 20 heavy (non-hydrogen) atoms. The summed E-state index contributed by atoms with van der Waals surface area (Å²) in [5, 5.41) is 14.6. The number of rotatable bonds is 10. The van der Waals surface area contributed by atoms with E-state index in [1.807, 2.05) is 6.92 Å². The van der Waals surface area contributed by atoms with E-state index in [1.165, 1.54) is 0 Å². The van der Waals surface area contributed by atoms with Crippen molar-refractivity contribution in [1.82, 2.24) is 10.6 Å². The smallest absolute Gasteiger partial charge is 0.315 e. The molecule has 0 aromatic rings. The van der Waals surface area contributed by atoms with Gasteiger partial charge in [0.1, 0.15) is 0 Å². The lowest BCUT2D eigenvalue weighted by Gasteiger charge is -2.20. The molecule has 3 N–H and O–H groups in total. The highest BCUT2D eigenvalue weighted by Crippen LogP contribution is 2.14. The summed E-state index contributed by atoms with van der Waals surface area (Å²) < 4.78 is 0. The van der Waals surface area contributed by atoms with Crippen LogP contribution in [-0.2, 0) is 4.79 Å². The standard InChI is InChI=1S/C15H30N2O3/c1-5-7-13(6-2)17-15(20)16-10-12(8-11(3)4)9-14(18)19/h11-13H,5-10H2,1-4H3,(H,18,19)(H2,16,17,20)/t12-,13?/m0/s1. The van der Waals surface area contributed by atoms with Crippen LogP contribution in [-0.4, -0.2) is 29.7 Å². The highest BCUT2D eigenvalue weighted by Gasteiger charge is 2.16. The summed E-state index contributed by atoms with van der Waals surface area (Å²) in [4.78, 5) is 22.6. The van der Waals surface area contributed by atoms with E-state index in [0.29, 0.717) is 12.5 Å². The lowest BCUT2D eigenvalue weighted by atomic mass is 9.94. The molecule has 0 saturated heterocycles. The van der Waals surface area contributed by atoms with Crippen LogP contribution in [0.2, 0.25) is 0 Å². The Morgan fingerprint density at radius 1 is 1.20 bits per heavy atom. The molecule has 0 aliphatic rings. The fraction of sp³-hybridized carbons (Fsp3) is 0.867. The normalized spacial score (nSPS) is 13.8. The molecule has 0 radical (unpaired) electrons. The minimum atomic E-state index is -0.810. The molecule has 0 aromatic heterocycles. The average Bonchev–Trinajstić information content (AvgIpc) is 2.34. The summed E-state index contributed by atoms with van der Waals surface area (Å²) in [6.07, 6.45) is 3.82. The Hall–Kier alpha value is -1.26. The second kappa shape index (κ2) is 10.5. The monoisotopic (exact) mass is 286 g/mol. The summed E-state index contributed by atoms with van der Waals surface area (Å²) in [5.41, 5.74) is 0. The van der Waals surface area contributed by atoms with Gasteiger partial charge in [0.05, 0.1) is 0 Å². The molecule has 2 atom stereocenters. The van der Waals surface area contributed by atoms with Crippen molar-refractivity contribution in [3.05, 3.63) is 0 Å². The number of aliphatic carboxylic acids is 1. The minimum Gasteiger partial charge on any atom is -0.481 e. The van der Waals surface area contributed by atoms with Gasteiger partial charge in [-0.05, 0) is 31.1 Å². The molecule has 5 nitrogen and oxygen atoms in total. The Labute approximate surface area is 122 Å². The predicted octanol–water partition coefficient (Wildman–Crippen LogP) is 3.00. The zero-order valence-corrected chi connectivity index (χ0v) is 13.2. The molecule has 0 heterocycles. The van der Waals surface area contributed by atoms with Gasteiger partial charge >= 0.3 is 12.0 Å². The van der Waals surface area contributed by atoms with Crippen LogP contribution in [0, 0.1) is 11.8 Å². The maximum atomic E-state index is 11.8. The van der Waals surface area contributed by atoms with Crippen LogP contribution in [0.25, 0.3) is 0 Å². The van der Waals surface area contributed by atoms with E-state index in [4.69, 9.17) is 5.11 Å². The predicted molar refractivity (Wildman–Crippen MR) is 80.7 cm³/mol. The number of carbonyl (C=O) groups excluding carboxylic acids is 1. The highest BCUT2D eigenvalue weighted by atomic mass is 16.4. The second-order valence-corrected chi connectivity index (χ2v) is 5.84. The van der Waals surface area contributed by atoms with Crippen LogP contribution in [0.4, 0.5) is 4.79 Å². The Kier molecular flexibility index (Phi) is 9.86. The largest absolute Gasteiger partial charge is 0.481 e. The van der Waals surface area contributed by atoms with Gasteiger partial charge in [-0.3, -0.25) is 4.79 Å². The van der Waals surface area contributed by atoms with Crippen molar-refractivity contribution in [2.45, 2.75) is 65.8 Å². The molecule has 0 fully saturated rings. The van der Waals surface area contributed by atoms with Crippen LogP contribution in [0.3, 0.4) is 0 Å². The molecule has 0 aliphatic carbocycles. The molecular weight excluding hydrogens is 256 g/mol. The molecule has 0 spiro atoms. The first-order valence-electron chi connectivity index (χ1n) is 7.65. The first-order chi connectivity index (χ1) is 9.38. The van der Waals surface area contributed by atoms with E-state index >= 15 is 0 Å². The van der Waals surface area contributed by atoms with Crippen LogP contribution in [0.1, 0.15) is 59.8 Å². The van der Waals surface area contributed by atoms with Gasteiger partial charge in [-0.25, -0.2) is 4.79 Å². The minimum absolute atomic E-state index is 0.00972. The fourth-order valence-corrected chi connectivity index (χ4v) is 2.35. The number of carboxylic acids is 1. The van der Waals surface area contributed by atoms with Gasteiger partial charge in [0, 0.05) is 19.0 Å². The lowest BCUT2D eigenvalue weighted by Crippen LogP contribution is -2.43. The van der Waals surface area contributed by atoms with Gasteiger partial charge in [-0.1, -0.05) is 34.1 Å². The summed E-state index contributed by atoms with van der Waals surface area (Å²) in [6, 6.07) is 0.00691. The van der Waals surface area contributed by atoms with Crippen LogP contribution in [0.5, 0.6) is 0 Å². The van der Waals surface area contributed by atoms with Crippen molar-refractivity contribution >= 4 is 12.0 Å². The van der Waals surface area contributed by atoms with Crippen LogP contribution in [0.15, 0.2) is 0 Å². The molecule has 0 saturated carbocycles.